The Hall–Kier alpha value is -3.73. The van der Waals surface area contributed by atoms with E-state index in [-0.39, 0.29) is 36.4 Å². The van der Waals surface area contributed by atoms with Gasteiger partial charge in [0.2, 0.25) is 0 Å². The molecular formula is C34H35F3O7S. The maximum Gasteiger partial charge on any atom is 0.416 e. The third-order valence-electron chi connectivity index (χ3n) is 9.11. The molecule has 0 radical (unpaired) electrons. The Morgan fingerprint density at radius 3 is 2.36 bits per heavy atom. The van der Waals surface area contributed by atoms with Crippen LogP contribution in [0.2, 0.25) is 0 Å². The fraction of sp³-hybridized carbons (Fsp3) is 0.441. The topological polar surface area (TPSA) is 99.1 Å². The van der Waals surface area contributed by atoms with Gasteiger partial charge < -0.3 is 19.3 Å². The van der Waals surface area contributed by atoms with Crippen LogP contribution in [0.1, 0.15) is 71.1 Å². The Kier molecular flexibility index (Phi) is 8.26. The molecule has 11 heteroatoms. The summed E-state index contributed by atoms with van der Waals surface area (Å²) in [5.41, 5.74) is 4.17. The summed E-state index contributed by atoms with van der Waals surface area (Å²) < 4.78 is 84.2. The first-order chi connectivity index (χ1) is 21.3. The predicted octanol–water partition coefficient (Wildman–Crippen LogP) is 7.21. The molecule has 240 valence electrons. The predicted molar refractivity (Wildman–Crippen MR) is 162 cm³/mol. The molecule has 0 amide bonds. The van der Waals surface area contributed by atoms with Crippen molar-refractivity contribution in [1.29, 1.82) is 0 Å². The molecule has 0 spiro atoms. The van der Waals surface area contributed by atoms with Crippen LogP contribution < -0.4 is 14.2 Å². The first kappa shape index (κ1) is 31.3. The maximum atomic E-state index is 14.2. The second-order valence-corrected chi connectivity index (χ2v) is 14.7. The third-order valence-corrected chi connectivity index (χ3v) is 10.8. The number of carboxylic acid groups (broad SMARTS) is 1. The average Bonchev–Trinajstić information content (AvgIpc) is 3.55. The average molecular weight is 645 g/mol. The Morgan fingerprint density at radius 2 is 1.69 bits per heavy atom. The van der Waals surface area contributed by atoms with E-state index in [1.807, 2.05) is 26.0 Å². The highest BCUT2D eigenvalue weighted by molar-refractivity contribution is 7.91. The fourth-order valence-electron chi connectivity index (χ4n) is 6.83. The minimum Gasteiger partial charge on any atom is -0.493 e. The van der Waals surface area contributed by atoms with E-state index in [0.717, 1.165) is 27.8 Å². The molecule has 6 rings (SSSR count). The van der Waals surface area contributed by atoms with Crippen LogP contribution >= 0.6 is 0 Å². The number of alkyl halides is 3. The standard InChI is InChI=1S/C34H35F3O7S/c1-19-11-25(42-17-21-7-9-45(40,41)10-8-21)12-20(2)33(19)29-15-23(34(35,36)37)14-28-27(29)5-6-30(28)44-24-3-4-26-22(13-32(38)39)18-43-31(26)16-24/h3-4,11-12,14-16,21-22,30H,5-10,13,17-18H2,1-2H3,(H,38,39). The van der Waals surface area contributed by atoms with Crippen molar-refractivity contribution in [2.45, 2.75) is 64.1 Å². The Bertz CT molecular complexity index is 1710. The van der Waals surface area contributed by atoms with Crippen LogP contribution in [0, 0.1) is 19.8 Å². The van der Waals surface area contributed by atoms with Crippen molar-refractivity contribution in [3.8, 4) is 28.4 Å². The fourth-order valence-corrected chi connectivity index (χ4v) is 8.42. The summed E-state index contributed by atoms with van der Waals surface area (Å²) in [6.07, 6.45) is -3.06. The summed E-state index contributed by atoms with van der Waals surface area (Å²) >= 11 is 0. The number of sulfone groups is 1. The molecule has 2 unspecified atom stereocenters. The number of carboxylic acids is 1. The minimum absolute atomic E-state index is 0.0505. The van der Waals surface area contributed by atoms with E-state index in [2.05, 4.69) is 0 Å². The number of halogens is 3. The molecule has 2 heterocycles. The number of hydrogen-bond acceptors (Lipinski definition) is 6. The van der Waals surface area contributed by atoms with Crippen molar-refractivity contribution in [3.63, 3.8) is 0 Å². The summed E-state index contributed by atoms with van der Waals surface area (Å²) in [6.45, 7) is 4.36. The first-order valence-corrected chi connectivity index (χ1v) is 16.9. The number of fused-ring (bicyclic) bond motifs is 2. The van der Waals surface area contributed by atoms with E-state index < -0.39 is 33.7 Å². The number of benzene rings is 3. The van der Waals surface area contributed by atoms with Crippen LogP contribution in [0.25, 0.3) is 11.1 Å². The smallest absolute Gasteiger partial charge is 0.416 e. The number of hydrogen-bond donors (Lipinski definition) is 1. The SMILES string of the molecule is Cc1cc(OCC2CCS(=O)(=O)CC2)cc(C)c1-c1cc(C(F)(F)F)cc2c1CCC2Oc1ccc2c(c1)OCC2CC(=O)O. The summed E-state index contributed by atoms with van der Waals surface area (Å²) in [5, 5.41) is 9.17. The van der Waals surface area contributed by atoms with Crippen molar-refractivity contribution < 1.29 is 45.7 Å². The maximum absolute atomic E-state index is 14.2. The van der Waals surface area contributed by atoms with Crippen LogP contribution in [-0.4, -0.2) is 44.2 Å². The zero-order valence-electron chi connectivity index (χ0n) is 25.1. The van der Waals surface area contributed by atoms with E-state index in [4.69, 9.17) is 14.2 Å². The molecule has 2 atom stereocenters. The second kappa shape index (κ2) is 11.9. The molecule has 1 aliphatic carbocycles. The van der Waals surface area contributed by atoms with Crippen molar-refractivity contribution in [3.05, 3.63) is 75.8 Å². The summed E-state index contributed by atoms with van der Waals surface area (Å²) in [6, 6.07) is 11.3. The van der Waals surface area contributed by atoms with Gasteiger partial charge in [-0.3, -0.25) is 4.79 Å². The number of ether oxygens (including phenoxy) is 3. The molecule has 1 fully saturated rings. The normalized spacial score (nSPS) is 20.7. The van der Waals surface area contributed by atoms with Gasteiger partial charge in [0, 0.05) is 17.5 Å². The second-order valence-electron chi connectivity index (χ2n) is 12.4. The molecule has 1 saturated heterocycles. The van der Waals surface area contributed by atoms with E-state index in [0.29, 0.717) is 60.7 Å². The lowest BCUT2D eigenvalue weighted by atomic mass is 9.88. The van der Waals surface area contributed by atoms with Gasteiger partial charge in [-0.25, -0.2) is 8.42 Å². The van der Waals surface area contributed by atoms with Gasteiger partial charge in [0.25, 0.3) is 0 Å². The van der Waals surface area contributed by atoms with Gasteiger partial charge in [-0.15, -0.1) is 0 Å². The van der Waals surface area contributed by atoms with Crippen LogP contribution in [0.3, 0.4) is 0 Å². The van der Waals surface area contributed by atoms with Crippen molar-refractivity contribution in [1.82, 2.24) is 0 Å². The molecule has 2 aliphatic heterocycles. The van der Waals surface area contributed by atoms with Gasteiger partial charge in [0.1, 0.15) is 33.2 Å². The molecule has 3 aliphatic rings. The van der Waals surface area contributed by atoms with Gasteiger partial charge in [0.05, 0.1) is 36.7 Å². The summed E-state index contributed by atoms with van der Waals surface area (Å²) in [5.74, 6) is 0.882. The van der Waals surface area contributed by atoms with Crippen LogP contribution in [0.5, 0.6) is 17.2 Å². The van der Waals surface area contributed by atoms with Crippen molar-refractivity contribution in [2.75, 3.05) is 24.7 Å². The highest BCUT2D eigenvalue weighted by Crippen LogP contribution is 2.47. The lowest BCUT2D eigenvalue weighted by Crippen LogP contribution is -2.26. The van der Waals surface area contributed by atoms with Gasteiger partial charge in [-0.2, -0.15) is 13.2 Å². The van der Waals surface area contributed by atoms with Crippen molar-refractivity contribution >= 4 is 15.8 Å². The lowest BCUT2D eigenvalue weighted by Gasteiger charge is -2.23. The number of aliphatic carboxylic acids is 1. The molecular weight excluding hydrogens is 609 g/mol. The molecule has 0 aromatic heterocycles. The molecule has 7 nitrogen and oxygen atoms in total. The largest absolute Gasteiger partial charge is 0.493 e. The van der Waals surface area contributed by atoms with Gasteiger partial charge >= 0.3 is 12.1 Å². The molecule has 45 heavy (non-hydrogen) atoms. The van der Waals surface area contributed by atoms with E-state index >= 15 is 0 Å². The molecule has 1 N–H and O–H groups in total. The lowest BCUT2D eigenvalue weighted by molar-refractivity contribution is -0.138. The number of aryl methyl sites for hydroxylation is 2. The van der Waals surface area contributed by atoms with Crippen LogP contribution in [-0.2, 0) is 27.2 Å². The van der Waals surface area contributed by atoms with Crippen molar-refractivity contribution in [2.24, 2.45) is 5.92 Å². The Morgan fingerprint density at radius 1 is 0.978 bits per heavy atom. The monoisotopic (exact) mass is 644 g/mol. The third kappa shape index (κ3) is 6.64. The van der Waals surface area contributed by atoms with Crippen LogP contribution in [0.4, 0.5) is 13.2 Å². The van der Waals surface area contributed by atoms with E-state index in [1.54, 1.807) is 18.2 Å². The van der Waals surface area contributed by atoms with E-state index in [9.17, 15) is 31.5 Å². The quantitative estimate of drug-likeness (QED) is 0.277. The Balaban J connectivity index is 1.27. The molecule has 0 bridgehead atoms. The zero-order chi connectivity index (χ0) is 32.1. The summed E-state index contributed by atoms with van der Waals surface area (Å²) in [4.78, 5) is 11.2. The summed E-state index contributed by atoms with van der Waals surface area (Å²) in [7, 11) is -2.97. The Labute approximate surface area is 260 Å². The molecule has 3 aromatic rings. The number of rotatable bonds is 8. The molecule has 3 aromatic carbocycles. The van der Waals surface area contributed by atoms with Gasteiger partial charge in [-0.1, -0.05) is 6.07 Å². The highest BCUT2D eigenvalue weighted by atomic mass is 32.2. The van der Waals surface area contributed by atoms with Gasteiger partial charge in [-0.05, 0) is 109 Å². The number of carbonyl (C=O) groups is 1. The zero-order valence-corrected chi connectivity index (χ0v) is 25.9. The van der Waals surface area contributed by atoms with E-state index in [1.165, 1.54) is 12.1 Å². The van der Waals surface area contributed by atoms with Gasteiger partial charge in [0.15, 0.2) is 0 Å². The molecule has 0 saturated carbocycles. The minimum atomic E-state index is -4.56. The highest BCUT2D eigenvalue weighted by Gasteiger charge is 2.37. The van der Waals surface area contributed by atoms with Crippen LogP contribution in [0.15, 0.2) is 42.5 Å². The first-order valence-electron chi connectivity index (χ1n) is 15.1.